The molecule has 1 aromatic carbocycles. The molecule has 82 valence electrons. The molecule has 0 spiro atoms. The van der Waals surface area contributed by atoms with Crippen molar-refractivity contribution in [3.63, 3.8) is 0 Å². The predicted octanol–water partition coefficient (Wildman–Crippen LogP) is 3.32. The average Bonchev–Trinajstić information content (AvgIpc) is 2.68. The van der Waals surface area contributed by atoms with Gasteiger partial charge in [-0.05, 0) is 30.6 Å². The summed E-state index contributed by atoms with van der Waals surface area (Å²) in [5.74, 6) is 2.45. The lowest BCUT2D eigenvalue weighted by Crippen LogP contribution is -2.14. The molecule has 0 saturated carbocycles. The summed E-state index contributed by atoms with van der Waals surface area (Å²) >= 11 is 1.59. The van der Waals surface area contributed by atoms with Gasteiger partial charge in [0.15, 0.2) is 0 Å². The first-order valence-electron chi connectivity index (χ1n) is 5.04. The molecule has 0 saturated heterocycles. The molecule has 0 bridgehead atoms. The molecule has 0 aliphatic heterocycles. The van der Waals surface area contributed by atoms with E-state index in [0.717, 1.165) is 15.0 Å². The van der Waals surface area contributed by atoms with Crippen LogP contribution in [0.1, 0.15) is 17.3 Å². The van der Waals surface area contributed by atoms with Gasteiger partial charge in [-0.15, -0.1) is 23.7 Å². The minimum Gasteiger partial charge on any atom is -0.312 e. The van der Waals surface area contributed by atoms with E-state index in [4.69, 9.17) is 6.42 Å². The number of rotatable bonds is 3. The molecule has 1 N–H and O–H groups in total. The molecule has 0 radical (unpaired) electrons. The van der Waals surface area contributed by atoms with Gasteiger partial charge in [-0.3, -0.25) is 0 Å². The van der Waals surface area contributed by atoms with Crippen molar-refractivity contribution in [1.82, 2.24) is 5.32 Å². The monoisotopic (exact) mass is 233 g/mol. The SMILES string of the molecule is C#CCC(NC)c1cc2ccc(F)cc2s1. The van der Waals surface area contributed by atoms with Crippen molar-refractivity contribution >= 4 is 21.4 Å². The number of benzene rings is 1. The molecule has 2 aromatic rings. The summed E-state index contributed by atoms with van der Waals surface area (Å²) in [6, 6.07) is 7.07. The number of nitrogens with one attached hydrogen (secondary N) is 1. The van der Waals surface area contributed by atoms with Crippen LogP contribution in [0, 0.1) is 18.2 Å². The van der Waals surface area contributed by atoms with E-state index in [-0.39, 0.29) is 11.9 Å². The number of hydrogen-bond acceptors (Lipinski definition) is 2. The molecule has 0 aliphatic carbocycles. The fourth-order valence-electron chi connectivity index (χ4n) is 1.66. The highest BCUT2D eigenvalue weighted by Gasteiger charge is 2.11. The normalized spacial score (nSPS) is 12.6. The van der Waals surface area contributed by atoms with Crippen molar-refractivity contribution in [2.75, 3.05) is 7.05 Å². The van der Waals surface area contributed by atoms with Crippen LogP contribution in [0.5, 0.6) is 0 Å². The zero-order valence-electron chi connectivity index (χ0n) is 8.96. The molecule has 1 heterocycles. The van der Waals surface area contributed by atoms with Gasteiger partial charge in [-0.1, -0.05) is 6.07 Å². The van der Waals surface area contributed by atoms with Crippen LogP contribution in [0.4, 0.5) is 4.39 Å². The van der Waals surface area contributed by atoms with Gasteiger partial charge in [0.2, 0.25) is 0 Å². The first kappa shape index (κ1) is 11.1. The van der Waals surface area contributed by atoms with Crippen LogP contribution in [-0.2, 0) is 0 Å². The Morgan fingerprint density at radius 2 is 2.31 bits per heavy atom. The molecule has 1 aromatic heterocycles. The third kappa shape index (κ3) is 2.08. The Labute approximate surface area is 98.3 Å². The van der Waals surface area contributed by atoms with Crippen LogP contribution in [0.25, 0.3) is 10.1 Å². The number of thiophene rings is 1. The summed E-state index contributed by atoms with van der Waals surface area (Å²) in [5, 5.41) is 4.24. The van der Waals surface area contributed by atoms with E-state index in [1.54, 1.807) is 23.5 Å². The molecule has 16 heavy (non-hydrogen) atoms. The second kappa shape index (κ2) is 4.65. The second-order valence-corrected chi connectivity index (χ2v) is 4.70. The fraction of sp³-hybridized carbons (Fsp3) is 0.231. The Morgan fingerprint density at radius 3 is 3.00 bits per heavy atom. The van der Waals surface area contributed by atoms with E-state index >= 15 is 0 Å². The van der Waals surface area contributed by atoms with E-state index in [0.29, 0.717) is 6.42 Å². The predicted molar refractivity (Wildman–Crippen MR) is 67.0 cm³/mol. The van der Waals surface area contributed by atoms with Crippen LogP contribution in [0.3, 0.4) is 0 Å². The maximum absolute atomic E-state index is 13.0. The van der Waals surface area contributed by atoms with E-state index in [2.05, 4.69) is 17.3 Å². The van der Waals surface area contributed by atoms with Gasteiger partial charge in [0.1, 0.15) is 5.82 Å². The molecule has 1 unspecified atom stereocenters. The minimum atomic E-state index is -0.196. The lowest BCUT2D eigenvalue weighted by atomic mass is 10.1. The molecule has 1 atom stereocenters. The van der Waals surface area contributed by atoms with Crippen molar-refractivity contribution in [3.05, 3.63) is 35.0 Å². The molecule has 2 rings (SSSR count). The molecule has 0 aliphatic rings. The highest BCUT2D eigenvalue weighted by atomic mass is 32.1. The summed E-state index contributed by atoms with van der Waals surface area (Å²) in [6.45, 7) is 0. The topological polar surface area (TPSA) is 12.0 Å². The highest BCUT2D eigenvalue weighted by molar-refractivity contribution is 7.19. The van der Waals surface area contributed by atoms with Crippen molar-refractivity contribution in [1.29, 1.82) is 0 Å². The quantitative estimate of drug-likeness (QED) is 0.802. The van der Waals surface area contributed by atoms with Gasteiger partial charge >= 0.3 is 0 Å². The molecular weight excluding hydrogens is 221 g/mol. The van der Waals surface area contributed by atoms with Crippen LogP contribution < -0.4 is 5.32 Å². The van der Waals surface area contributed by atoms with Crippen molar-refractivity contribution < 1.29 is 4.39 Å². The average molecular weight is 233 g/mol. The maximum atomic E-state index is 13.0. The van der Waals surface area contributed by atoms with E-state index < -0.39 is 0 Å². The Kier molecular flexibility index (Phi) is 3.23. The largest absolute Gasteiger partial charge is 0.312 e. The van der Waals surface area contributed by atoms with Crippen LogP contribution in [0.15, 0.2) is 24.3 Å². The highest BCUT2D eigenvalue weighted by Crippen LogP contribution is 2.31. The summed E-state index contributed by atoms with van der Waals surface area (Å²) in [7, 11) is 1.88. The zero-order chi connectivity index (χ0) is 11.5. The van der Waals surface area contributed by atoms with Crippen molar-refractivity contribution in [2.45, 2.75) is 12.5 Å². The van der Waals surface area contributed by atoms with Gasteiger partial charge < -0.3 is 5.32 Å². The third-order valence-electron chi connectivity index (χ3n) is 2.52. The number of fused-ring (bicyclic) bond motifs is 1. The van der Waals surface area contributed by atoms with Crippen molar-refractivity contribution in [2.24, 2.45) is 0 Å². The Bertz CT molecular complexity index is 538. The van der Waals surface area contributed by atoms with Crippen LogP contribution in [-0.4, -0.2) is 7.05 Å². The first-order chi connectivity index (χ1) is 7.74. The van der Waals surface area contributed by atoms with Gasteiger partial charge in [0, 0.05) is 16.0 Å². The Balaban J connectivity index is 2.42. The lowest BCUT2D eigenvalue weighted by molar-refractivity contribution is 0.622. The lowest BCUT2D eigenvalue weighted by Gasteiger charge is -2.09. The molecular formula is C13H12FNS. The van der Waals surface area contributed by atoms with Crippen molar-refractivity contribution in [3.8, 4) is 12.3 Å². The first-order valence-corrected chi connectivity index (χ1v) is 5.86. The summed E-state index contributed by atoms with van der Waals surface area (Å²) in [5.41, 5.74) is 0. The molecule has 0 fully saturated rings. The van der Waals surface area contributed by atoms with Crippen LogP contribution >= 0.6 is 11.3 Å². The van der Waals surface area contributed by atoms with Gasteiger partial charge in [-0.25, -0.2) is 4.39 Å². The van der Waals surface area contributed by atoms with Gasteiger partial charge in [0.05, 0.1) is 6.04 Å². The maximum Gasteiger partial charge on any atom is 0.124 e. The Hall–Kier alpha value is -1.37. The zero-order valence-corrected chi connectivity index (χ0v) is 9.77. The minimum absolute atomic E-state index is 0.158. The molecule has 3 heteroatoms. The number of hydrogen-bond donors (Lipinski definition) is 1. The summed E-state index contributed by atoms with van der Waals surface area (Å²) in [4.78, 5) is 1.15. The molecule has 1 nitrogen and oxygen atoms in total. The fourth-order valence-corrected chi connectivity index (χ4v) is 2.86. The second-order valence-electron chi connectivity index (χ2n) is 3.58. The smallest absolute Gasteiger partial charge is 0.124 e. The summed E-state index contributed by atoms with van der Waals surface area (Å²) < 4.78 is 14.0. The van der Waals surface area contributed by atoms with Gasteiger partial charge in [0.25, 0.3) is 0 Å². The van der Waals surface area contributed by atoms with E-state index in [1.807, 2.05) is 7.05 Å². The summed E-state index contributed by atoms with van der Waals surface area (Å²) in [6.07, 6.45) is 5.96. The van der Waals surface area contributed by atoms with E-state index in [1.165, 1.54) is 6.07 Å². The van der Waals surface area contributed by atoms with Gasteiger partial charge in [-0.2, -0.15) is 0 Å². The Morgan fingerprint density at radius 1 is 1.50 bits per heavy atom. The number of terminal acetylenes is 1. The van der Waals surface area contributed by atoms with Crippen LogP contribution in [0.2, 0.25) is 0 Å². The standard InChI is InChI=1S/C13H12FNS/c1-3-4-11(15-2)13-7-9-5-6-10(14)8-12(9)16-13/h1,5-8,11,15H,4H2,2H3. The third-order valence-corrected chi connectivity index (χ3v) is 3.73. The number of halogens is 1. The molecule has 0 amide bonds. The van der Waals surface area contributed by atoms with E-state index in [9.17, 15) is 4.39 Å².